The van der Waals surface area contributed by atoms with E-state index >= 15 is 0 Å². The van der Waals surface area contributed by atoms with Gasteiger partial charge in [-0.15, -0.1) is 11.3 Å². The third-order valence-corrected chi connectivity index (χ3v) is 3.02. The van der Waals surface area contributed by atoms with Gasteiger partial charge >= 0.3 is 0 Å². The van der Waals surface area contributed by atoms with Crippen molar-refractivity contribution >= 4 is 17.6 Å². The normalized spacial score (nSPS) is 10.4. The van der Waals surface area contributed by atoms with E-state index in [1.54, 1.807) is 6.92 Å². The molecule has 0 spiro atoms. The second-order valence-electron chi connectivity index (χ2n) is 3.25. The van der Waals surface area contributed by atoms with E-state index in [1.807, 2.05) is 0 Å². The molecule has 0 aliphatic carbocycles. The van der Waals surface area contributed by atoms with E-state index in [1.165, 1.54) is 17.5 Å². The maximum Gasteiger partial charge on any atom is 0.169 e. The summed E-state index contributed by atoms with van der Waals surface area (Å²) in [5, 5.41) is 1.64. The van der Waals surface area contributed by atoms with Crippen LogP contribution >= 0.6 is 11.3 Å². The Kier molecular flexibility index (Phi) is 2.78. The first-order chi connectivity index (χ1) is 7.63. The standard InChI is InChI=1S/C11H7F2NOS/c1-6-2-3-8(12)9(10(6)13)11-14-7(4-15)5-16-11/h2-5H,1H3. The van der Waals surface area contributed by atoms with Crippen molar-refractivity contribution in [2.75, 3.05) is 0 Å². The van der Waals surface area contributed by atoms with Crippen molar-refractivity contribution in [3.05, 3.63) is 40.4 Å². The fraction of sp³-hybridized carbons (Fsp3) is 0.0909. The molecule has 1 aromatic carbocycles. The van der Waals surface area contributed by atoms with Crippen LogP contribution < -0.4 is 0 Å². The van der Waals surface area contributed by atoms with Gasteiger partial charge in [-0.2, -0.15) is 0 Å². The minimum absolute atomic E-state index is 0.168. The van der Waals surface area contributed by atoms with Crippen LogP contribution in [0.2, 0.25) is 0 Å². The van der Waals surface area contributed by atoms with Gasteiger partial charge in [0.05, 0.1) is 5.56 Å². The van der Waals surface area contributed by atoms with Gasteiger partial charge < -0.3 is 0 Å². The van der Waals surface area contributed by atoms with Crippen LogP contribution in [0.5, 0.6) is 0 Å². The number of aromatic nitrogens is 1. The molecule has 0 amide bonds. The highest BCUT2D eigenvalue weighted by atomic mass is 32.1. The molecule has 0 N–H and O–H groups in total. The lowest BCUT2D eigenvalue weighted by Gasteiger charge is -2.03. The molecule has 2 aromatic rings. The Morgan fingerprint density at radius 1 is 1.38 bits per heavy atom. The number of hydrogen-bond acceptors (Lipinski definition) is 3. The molecule has 2 rings (SSSR count). The zero-order valence-electron chi connectivity index (χ0n) is 8.33. The van der Waals surface area contributed by atoms with Crippen molar-refractivity contribution in [3.8, 4) is 10.6 Å². The largest absolute Gasteiger partial charge is 0.296 e. The second kappa shape index (κ2) is 4.09. The SMILES string of the molecule is Cc1ccc(F)c(-c2nc(C=O)cs2)c1F. The summed E-state index contributed by atoms with van der Waals surface area (Å²) < 4.78 is 27.2. The summed E-state index contributed by atoms with van der Waals surface area (Å²) in [5.74, 6) is -1.30. The van der Waals surface area contributed by atoms with Gasteiger partial charge in [-0.05, 0) is 18.6 Å². The highest BCUT2D eigenvalue weighted by Crippen LogP contribution is 2.30. The summed E-state index contributed by atoms with van der Waals surface area (Å²) in [5.41, 5.74) is 0.359. The Bertz CT molecular complexity index is 551. The third kappa shape index (κ3) is 1.74. The number of carbonyl (C=O) groups excluding carboxylic acids is 1. The van der Waals surface area contributed by atoms with Crippen LogP contribution in [0.15, 0.2) is 17.5 Å². The van der Waals surface area contributed by atoms with Gasteiger partial charge in [0.1, 0.15) is 22.3 Å². The molecule has 82 valence electrons. The minimum Gasteiger partial charge on any atom is -0.296 e. The van der Waals surface area contributed by atoms with E-state index < -0.39 is 11.6 Å². The molecule has 0 aliphatic heterocycles. The highest BCUT2D eigenvalue weighted by molar-refractivity contribution is 7.13. The first-order valence-corrected chi connectivity index (χ1v) is 5.37. The van der Waals surface area contributed by atoms with Crippen molar-refractivity contribution < 1.29 is 13.6 Å². The molecule has 0 saturated carbocycles. The van der Waals surface area contributed by atoms with Crippen molar-refractivity contribution in [1.29, 1.82) is 0 Å². The third-order valence-electron chi connectivity index (χ3n) is 2.14. The van der Waals surface area contributed by atoms with E-state index in [0.29, 0.717) is 11.8 Å². The number of thiazole rings is 1. The van der Waals surface area contributed by atoms with E-state index in [0.717, 1.165) is 11.3 Å². The molecule has 16 heavy (non-hydrogen) atoms. The maximum absolute atomic E-state index is 13.7. The lowest BCUT2D eigenvalue weighted by Crippen LogP contribution is -1.93. The quantitative estimate of drug-likeness (QED) is 0.753. The lowest BCUT2D eigenvalue weighted by atomic mass is 10.1. The van der Waals surface area contributed by atoms with Crippen molar-refractivity contribution in [3.63, 3.8) is 0 Å². The monoisotopic (exact) mass is 239 g/mol. The van der Waals surface area contributed by atoms with Crippen molar-refractivity contribution in [1.82, 2.24) is 4.98 Å². The summed E-state index contributed by atoms with van der Waals surface area (Å²) in [6.45, 7) is 1.55. The molecule has 1 aromatic heterocycles. The molecule has 0 atom stereocenters. The minimum atomic E-state index is -0.671. The molecule has 0 radical (unpaired) electrons. The Hall–Kier alpha value is -1.62. The molecular weight excluding hydrogens is 232 g/mol. The van der Waals surface area contributed by atoms with Gasteiger partial charge in [-0.25, -0.2) is 13.8 Å². The van der Waals surface area contributed by atoms with Crippen molar-refractivity contribution in [2.24, 2.45) is 0 Å². The number of rotatable bonds is 2. The number of aryl methyl sites for hydroxylation is 1. The highest BCUT2D eigenvalue weighted by Gasteiger charge is 2.16. The Labute approximate surface area is 94.6 Å². The molecule has 1 heterocycles. The van der Waals surface area contributed by atoms with E-state index in [9.17, 15) is 13.6 Å². The molecule has 0 unspecified atom stereocenters. The van der Waals surface area contributed by atoms with Crippen LogP contribution in [0, 0.1) is 18.6 Å². The number of carbonyl (C=O) groups is 1. The number of hydrogen-bond donors (Lipinski definition) is 0. The first-order valence-electron chi connectivity index (χ1n) is 4.49. The fourth-order valence-electron chi connectivity index (χ4n) is 1.31. The van der Waals surface area contributed by atoms with Crippen molar-refractivity contribution in [2.45, 2.75) is 6.92 Å². The summed E-state index contributed by atoms with van der Waals surface area (Å²) in [6, 6.07) is 2.55. The molecule has 5 heteroatoms. The van der Waals surface area contributed by atoms with E-state index in [4.69, 9.17) is 0 Å². The average Bonchev–Trinajstić information content (AvgIpc) is 2.73. The fourth-order valence-corrected chi connectivity index (χ4v) is 2.11. The van der Waals surface area contributed by atoms with E-state index in [2.05, 4.69) is 4.98 Å². The zero-order valence-corrected chi connectivity index (χ0v) is 9.15. The summed E-state index contributed by atoms with van der Waals surface area (Å²) in [6.07, 6.45) is 0.547. The Morgan fingerprint density at radius 3 is 2.75 bits per heavy atom. The Balaban J connectivity index is 2.63. The Morgan fingerprint density at radius 2 is 2.12 bits per heavy atom. The van der Waals surface area contributed by atoms with Crippen LogP contribution in [-0.2, 0) is 0 Å². The van der Waals surface area contributed by atoms with Gasteiger partial charge in [0, 0.05) is 5.38 Å². The summed E-state index contributed by atoms with van der Waals surface area (Å²) >= 11 is 1.04. The van der Waals surface area contributed by atoms with Gasteiger partial charge in [-0.1, -0.05) is 6.07 Å². The number of aldehydes is 1. The predicted molar refractivity (Wildman–Crippen MR) is 57.6 cm³/mol. The topological polar surface area (TPSA) is 30.0 Å². The van der Waals surface area contributed by atoms with Gasteiger partial charge in [0.2, 0.25) is 0 Å². The average molecular weight is 239 g/mol. The van der Waals surface area contributed by atoms with E-state index in [-0.39, 0.29) is 16.3 Å². The van der Waals surface area contributed by atoms with Crippen LogP contribution in [0.1, 0.15) is 16.1 Å². The molecule has 2 nitrogen and oxygen atoms in total. The van der Waals surface area contributed by atoms with Crippen LogP contribution in [-0.4, -0.2) is 11.3 Å². The molecule has 0 bridgehead atoms. The molecule has 0 fully saturated rings. The first kappa shape index (κ1) is 10.9. The zero-order chi connectivity index (χ0) is 11.7. The molecule has 0 saturated heterocycles. The molecular formula is C11H7F2NOS. The van der Waals surface area contributed by atoms with Crippen LogP contribution in [0.25, 0.3) is 10.6 Å². The van der Waals surface area contributed by atoms with Crippen LogP contribution in [0.3, 0.4) is 0 Å². The molecule has 0 aliphatic rings. The predicted octanol–water partition coefficient (Wildman–Crippen LogP) is 3.21. The number of benzene rings is 1. The van der Waals surface area contributed by atoms with Gasteiger partial charge in [-0.3, -0.25) is 4.79 Å². The smallest absolute Gasteiger partial charge is 0.169 e. The number of nitrogens with zero attached hydrogens (tertiary/aromatic N) is 1. The van der Waals surface area contributed by atoms with Crippen LogP contribution in [0.4, 0.5) is 8.78 Å². The summed E-state index contributed by atoms with van der Waals surface area (Å²) in [4.78, 5) is 14.3. The number of halogens is 2. The lowest BCUT2D eigenvalue weighted by molar-refractivity contribution is 0.111. The maximum atomic E-state index is 13.7. The van der Waals surface area contributed by atoms with Gasteiger partial charge in [0.25, 0.3) is 0 Å². The second-order valence-corrected chi connectivity index (χ2v) is 4.11. The van der Waals surface area contributed by atoms with Gasteiger partial charge in [0.15, 0.2) is 6.29 Å². The summed E-state index contributed by atoms with van der Waals surface area (Å²) in [7, 11) is 0.